The molecule has 0 bridgehead atoms. The summed E-state index contributed by atoms with van der Waals surface area (Å²) < 4.78 is 13.3. The number of fused-ring (bicyclic) bond motifs is 1. The Morgan fingerprint density at radius 3 is 1.90 bits per heavy atom. The van der Waals surface area contributed by atoms with Crippen LogP contribution in [0, 0.1) is 0 Å². The van der Waals surface area contributed by atoms with Crippen molar-refractivity contribution in [1.29, 1.82) is 0 Å². The molecule has 1 unspecified atom stereocenters. The average molecular weight is 524 g/mol. The number of aromatic nitrogens is 1. The molecular formula is C36H29NO3. The molecule has 0 aliphatic heterocycles. The van der Waals surface area contributed by atoms with Crippen molar-refractivity contribution in [2.45, 2.75) is 12.6 Å². The van der Waals surface area contributed by atoms with E-state index in [2.05, 4.69) is 83.6 Å². The monoisotopic (exact) mass is 523 g/mol. The summed E-state index contributed by atoms with van der Waals surface area (Å²) in [6.07, 6.45) is 1.34. The highest BCUT2D eigenvalue weighted by Crippen LogP contribution is 2.30. The van der Waals surface area contributed by atoms with E-state index in [1.54, 1.807) is 0 Å². The van der Waals surface area contributed by atoms with Crippen LogP contribution in [0.5, 0.6) is 5.75 Å². The molecule has 0 N–H and O–H groups in total. The fourth-order valence-corrected chi connectivity index (χ4v) is 4.99. The van der Waals surface area contributed by atoms with Crippen molar-refractivity contribution in [3.05, 3.63) is 151 Å². The van der Waals surface area contributed by atoms with E-state index in [0.29, 0.717) is 5.75 Å². The van der Waals surface area contributed by atoms with Gasteiger partial charge in [0.2, 0.25) is 6.10 Å². The van der Waals surface area contributed by atoms with Gasteiger partial charge in [0.05, 0.1) is 7.11 Å². The van der Waals surface area contributed by atoms with Crippen LogP contribution >= 0.6 is 0 Å². The number of methoxy groups -OCH3 is 1. The number of carbonyl (C=O) groups excluding carboxylic acids is 1. The molecule has 5 aromatic carbocycles. The lowest BCUT2D eigenvalue weighted by Gasteiger charge is -2.17. The highest BCUT2D eigenvalue weighted by atomic mass is 16.6. The van der Waals surface area contributed by atoms with E-state index in [1.807, 2.05) is 60.7 Å². The van der Waals surface area contributed by atoms with Crippen LogP contribution in [0.3, 0.4) is 0 Å². The lowest BCUT2D eigenvalue weighted by molar-refractivity contribution is -0.149. The smallest absolute Gasteiger partial charge is 0.351 e. The Hall–Kier alpha value is -5.09. The second kappa shape index (κ2) is 11.3. The van der Waals surface area contributed by atoms with Crippen molar-refractivity contribution in [2.75, 3.05) is 7.11 Å². The number of esters is 1. The van der Waals surface area contributed by atoms with Gasteiger partial charge in [-0.25, -0.2) is 4.79 Å². The molecule has 6 rings (SSSR count). The molecule has 6 aromatic rings. The molecule has 0 spiro atoms. The fourth-order valence-electron chi connectivity index (χ4n) is 4.99. The number of carbonyl (C=O) groups is 1. The third kappa shape index (κ3) is 5.38. The topological polar surface area (TPSA) is 40.5 Å². The normalized spacial score (nSPS) is 11.7. The maximum absolute atomic E-state index is 12.4. The van der Waals surface area contributed by atoms with Gasteiger partial charge in [0.15, 0.2) is 0 Å². The van der Waals surface area contributed by atoms with Gasteiger partial charge in [0.1, 0.15) is 5.75 Å². The van der Waals surface area contributed by atoms with Crippen molar-refractivity contribution in [1.82, 2.24) is 4.57 Å². The minimum atomic E-state index is -0.817. The van der Waals surface area contributed by atoms with Gasteiger partial charge < -0.3 is 14.0 Å². The van der Waals surface area contributed by atoms with Gasteiger partial charge in [-0.15, -0.1) is 0 Å². The van der Waals surface area contributed by atoms with E-state index in [1.165, 1.54) is 34.7 Å². The highest BCUT2D eigenvalue weighted by Gasteiger charge is 2.23. The molecule has 0 amide bonds. The van der Waals surface area contributed by atoms with Crippen molar-refractivity contribution in [3.8, 4) is 28.0 Å². The van der Waals surface area contributed by atoms with Gasteiger partial charge >= 0.3 is 5.97 Å². The van der Waals surface area contributed by atoms with Gasteiger partial charge in [0, 0.05) is 23.8 Å². The van der Waals surface area contributed by atoms with Crippen LogP contribution in [0.1, 0.15) is 17.2 Å². The van der Waals surface area contributed by atoms with Crippen molar-refractivity contribution in [2.24, 2.45) is 0 Å². The van der Waals surface area contributed by atoms with Crippen molar-refractivity contribution >= 4 is 16.9 Å². The summed E-state index contributed by atoms with van der Waals surface area (Å²) in [7, 11) is 1.37. The van der Waals surface area contributed by atoms with E-state index in [4.69, 9.17) is 9.47 Å². The standard InChI is InChI=1S/C36H29NO3/c1-39-36(38)35(31-10-6-3-7-11-31)40-33-20-18-28(19-21-33)27-12-14-29(15-13-27)32-17-16-30-22-23-37(34(30)24-32)25-26-8-4-2-5-9-26/h2-24,35H,25H2,1H3. The highest BCUT2D eigenvalue weighted by molar-refractivity contribution is 5.86. The summed E-state index contributed by atoms with van der Waals surface area (Å²) in [6, 6.07) is 45.1. The Kier molecular flexibility index (Phi) is 7.14. The minimum Gasteiger partial charge on any atom is -0.474 e. The average Bonchev–Trinajstić information content (AvgIpc) is 3.42. The Balaban J connectivity index is 1.19. The molecule has 1 heterocycles. The molecule has 1 aromatic heterocycles. The maximum Gasteiger partial charge on any atom is 0.351 e. The second-order valence-corrected chi connectivity index (χ2v) is 9.74. The van der Waals surface area contributed by atoms with Crippen LogP contribution in [0.15, 0.2) is 140 Å². The zero-order chi connectivity index (χ0) is 27.3. The largest absolute Gasteiger partial charge is 0.474 e. The molecule has 0 aliphatic rings. The third-order valence-corrected chi connectivity index (χ3v) is 7.15. The second-order valence-electron chi connectivity index (χ2n) is 9.74. The Labute approximate surface area is 234 Å². The van der Waals surface area contributed by atoms with Crippen molar-refractivity contribution < 1.29 is 14.3 Å². The summed E-state index contributed by atoms with van der Waals surface area (Å²) in [5, 5.41) is 1.24. The van der Waals surface area contributed by atoms with Gasteiger partial charge in [-0.05, 0) is 57.5 Å². The molecule has 1 atom stereocenters. The van der Waals surface area contributed by atoms with Crippen LogP contribution in [-0.4, -0.2) is 17.6 Å². The first-order valence-electron chi connectivity index (χ1n) is 13.3. The summed E-state index contributed by atoms with van der Waals surface area (Å²) >= 11 is 0. The minimum absolute atomic E-state index is 0.434. The summed E-state index contributed by atoms with van der Waals surface area (Å²) in [5.74, 6) is 0.169. The number of benzene rings is 5. The fraction of sp³-hybridized carbons (Fsp3) is 0.0833. The van der Waals surface area contributed by atoms with Crippen LogP contribution in [0.2, 0.25) is 0 Å². The predicted octanol–water partition coefficient (Wildman–Crippen LogP) is 8.32. The van der Waals surface area contributed by atoms with Gasteiger partial charge in [-0.2, -0.15) is 0 Å². The van der Waals surface area contributed by atoms with E-state index in [9.17, 15) is 4.79 Å². The molecule has 196 valence electrons. The zero-order valence-corrected chi connectivity index (χ0v) is 22.2. The molecule has 0 saturated heterocycles. The van der Waals surface area contributed by atoms with E-state index >= 15 is 0 Å². The first kappa shape index (κ1) is 25.2. The first-order valence-corrected chi connectivity index (χ1v) is 13.3. The van der Waals surface area contributed by atoms with Crippen LogP contribution in [-0.2, 0) is 16.1 Å². The van der Waals surface area contributed by atoms with E-state index in [0.717, 1.165) is 23.2 Å². The Morgan fingerprint density at radius 2 is 1.25 bits per heavy atom. The summed E-state index contributed by atoms with van der Waals surface area (Å²) in [4.78, 5) is 12.4. The molecule has 4 heteroatoms. The molecule has 0 fully saturated rings. The van der Waals surface area contributed by atoms with Crippen LogP contribution in [0.4, 0.5) is 0 Å². The van der Waals surface area contributed by atoms with Crippen molar-refractivity contribution in [3.63, 3.8) is 0 Å². The summed E-state index contributed by atoms with van der Waals surface area (Å²) in [5.41, 5.74) is 7.79. The molecule has 4 nitrogen and oxygen atoms in total. The number of ether oxygens (including phenoxy) is 2. The maximum atomic E-state index is 12.4. The van der Waals surface area contributed by atoms with Crippen LogP contribution in [0.25, 0.3) is 33.2 Å². The molecule has 0 saturated carbocycles. The zero-order valence-electron chi connectivity index (χ0n) is 22.2. The lowest BCUT2D eigenvalue weighted by Crippen LogP contribution is -2.20. The van der Waals surface area contributed by atoms with Gasteiger partial charge in [0.25, 0.3) is 0 Å². The lowest BCUT2D eigenvalue weighted by atomic mass is 9.99. The quantitative estimate of drug-likeness (QED) is 0.188. The first-order chi connectivity index (χ1) is 19.7. The SMILES string of the molecule is COC(=O)C(Oc1ccc(-c2ccc(-c3ccc4ccn(Cc5ccccc5)c4c3)cc2)cc1)c1ccccc1. The molecule has 40 heavy (non-hydrogen) atoms. The Morgan fingerprint density at radius 1 is 0.675 bits per heavy atom. The number of nitrogens with zero attached hydrogens (tertiary/aromatic N) is 1. The van der Waals surface area contributed by atoms with Gasteiger partial charge in [-0.1, -0.05) is 109 Å². The molecular weight excluding hydrogens is 494 g/mol. The van der Waals surface area contributed by atoms with Gasteiger partial charge in [-0.3, -0.25) is 0 Å². The van der Waals surface area contributed by atoms with E-state index < -0.39 is 12.1 Å². The summed E-state index contributed by atoms with van der Waals surface area (Å²) in [6.45, 7) is 0.845. The number of hydrogen-bond donors (Lipinski definition) is 0. The third-order valence-electron chi connectivity index (χ3n) is 7.15. The van der Waals surface area contributed by atoms with E-state index in [-0.39, 0.29) is 0 Å². The molecule has 0 radical (unpaired) electrons. The Bertz CT molecular complexity index is 1720. The number of hydrogen-bond acceptors (Lipinski definition) is 3. The predicted molar refractivity (Wildman–Crippen MR) is 160 cm³/mol. The molecule has 0 aliphatic carbocycles. The van der Waals surface area contributed by atoms with Crippen LogP contribution < -0.4 is 4.74 Å². The number of rotatable bonds is 8.